The normalized spacial score (nSPS) is 19.4. The number of fused-ring (bicyclic) bond motifs is 1. The molecule has 1 unspecified atom stereocenters. The second-order valence-corrected chi connectivity index (χ2v) is 4.07. The molecule has 0 radical (unpaired) electrons. The lowest BCUT2D eigenvalue weighted by atomic mass is 10.1. The van der Waals surface area contributed by atoms with Gasteiger partial charge in [0, 0.05) is 11.4 Å². The first-order valence-electron chi connectivity index (χ1n) is 5.11. The summed E-state index contributed by atoms with van der Waals surface area (Å²) in [6.45, 7) is 3.65. The third-order valence-electron chi connectivity index (χ3n) is 2.77. The fourth-order valence-electron chi connectivity index (χ4n) is 1.68. The second-order valence-electron chi connectivity index (χ2n) is 4.07. The molecule has 1 aromatic carbocycles. The number of nitrogens with one attached hydrogen (secondary N) is 1. The average molecular weight is 243 g/mol. The van der Waals surface area contributed by atoms with Crippen molar-refractivity contribution in [2.75, 3.05) is 11.1 Å². The number of anilines is 2. The molecular formula is C11H12F3N3. The minimum absolute atomic E-state index is 0.00126. The lowest BCUT2D eigenvalue weighted by molar-refractivity contribution is -0.136. The van der Waals surface area contributed by atoms with Gasteiger partial charge in [-0.1, -0.05) is 0 Å². The predicted molar refractivity (Wildman–Crippen MR) is 61.7 cm³/mol. The van der Waals surface area contributed by atoms with E-state index in [1.165, 1.54) is 6.07 Å². The Morgan fingerprint density at radius 1 is 1.35 bits per heavy atom. The third kappa shape index (κ3) is 2.07. The largest absolute Gasteiger partial charge is 0.418 e. The summed E-state index contributed by atoms with van der Waals surface area (Å²) in [6.07, 6.45) is -4.45. The van der Waals surface area contributed by atoms with Gasteiger partial charge in [0.05, 0.1) is 23.0 Å². The summed E-state index contributed by atoms with van der Waals surface area (Å²) in [5.74, 6) is 0. The molecule has 17 heavy (non-hydrogen) atoms. The van der Waals surface area contributed by atoms with Crippen molar-refractivity contribution < 1.29 is 13.2 Å². The lowest BCUT2D eigenvalue weighted by Crippen LogP contribution is -2.26. The molecule has 2 rings (SSSR count). The van der Waals surface area contributed by atoms with Gasteiger partial charge in [-0.15, -0.1) is 0 Å². The van der Waals surface area contributed by atoms with Crippen LogP contribution in [0.3, 0.4) is 0 Å². The summed E-state index contributed by atoms with van der Waals surface area (Å²) in [6, 6.07) is 2.26. The first-order valence-corrected chi connectivity index (χ1v) is 5.11. The Morgan fingerprint density at radius 2 is 2.00 bits per heavy atom. The van der Waals surface area contributed by atoms with E-state index in [2.05, 4.69) is 10.3 Å². The maximum Gasteiger partial charge on any atom is 0.418 e. The monoisotopic (exact) mass is 243 g/mol. The Hall–Kier alpha value is -1.72. The van der Waals surface area contributed by atoms with E-state index in [9.17, 15) is 13.2 Å². The fraction of sp³-hybridized carbons (Fsp3) is 0.364. The topological polar surface area (TPSA) is 50.4 Å². The zero-order valence-corrected chi connectivity index (χ0v) is 9.39. The molecule has 1 atom stereocenters. The Labute approximate surface area is 96.5 Å². The number of halogens is 3. The van der Waals surface area contributed by atoms with E-state index in [0.717, 1.165) is 11.8 Å². The molecule has 1 heterocycles. The maximum absolute atomic E-state index is 12.6. The number of benzene rings is 1. The van der Waals surface area contributed by atoms with Crippen LogP contribution in [0.1, 0.15) is 19.4 Å². The highest BCUT2D eigenvalue weighted by atomic mass is 19.4. The van der Waals surface area contributed by atoms with Crippen LogP contribution in [0.2, 0.25) is 0 Å². The van der Waals surface area contributed by atoms with Gasteiger partial charge in [0.25, 0.3) is 0 Å². The second kappa shape index (κ2) is 3.65. The smallest absolute Gasteiger partial charge is 0.398 e. The number of nitrogens with two attached hydrogens (primary N) is 1. The molecule has 92 valence electrons. The van der Waals surface area contributed by atoms with Crippen molar-refractivity contribution in [1.29, 1.82) is 0 Å². The molecule has 0 amide bonds. The number of nitrogen functional groups attached to an aromatic ring is 1. The van der Waals surface area contributed by atoms with E-state index in [1.807, 2.05) is 6.92 Å². The molecule has 0 fully saturated rings. The maximum atomic E-state index is 12.6. The number of aliphatic imine (C=N–C) groups is 1. The molecule has 0 saturated heterocycles. The number of hydrogen-bond acceptors (Lipinski definition) is 3. The van der Waals surface area contributed by atoms with Crippen molar-refractivity contribution in [2.24, 2.45) is 4.99 Å². The van der Waals surface area contributed by atoms with Crippen molar-refractivity contribution in [3.05, 3.63) is 17.7 Å². The van der Waals surface area contributed by atoms with Crippen molar-refractivity contribution in [3.63, 3.8) is 0 Å². The SMILES string of the molecule is CC1=Nc2cc(C(F)(F)F)c(N)cc2NC1C. The summed E-state index contributed by atoms with van der Waals surface area (Å²) < 4.78 is 37.9. The first kappa shape index (κ1) is 11.8. The van der Waals surface area contributed by atoms with Gasteiger partial charge in [-0.2, -0.15) is 13.2 Å². The molecule has 0 saturated carbocycles. The summed E-state index contributed by atoms with van der Waals surface area (Å²) in [4.78, 5) is 4.14. The summed E-state index contributed by atoms with van der Waals surface area (Å²) in [5.41, 5.74) is 5.83. The number of hydrogen-bond donors (Lipinski definition) is 2. The van der Waals surface area contributed by atoms with Gasteiger partial charge in [0.2, 0.25) is 0 Å². The van der Waals surface area contributed by atoms with Crippen molar-refractivity contribution in [2.45, 2.75) is 26.1 Å². The molecule has 0 aliphatic carbocycles. The van der Waals surface area contributed by atoms with E-state index in [-0.39, 0.29) is 17.4 Å². The molecule has 3 N–H and O–H groups in total. The molecule has 3 nitrogen and oxygen atoms in total. The fourth-order valence-corrected chi connectivity index (χ4v) is 1.68. The van der Waals surface area contributed by atoms with Crippen LogP contribution in [0, 0.1) is 0 Å². The highest BCUT2D eigenvalue weighted by Gasteiger charge is 2.34. The van der Waals surface area contributed by atoms with Gasteiger partial charge in [-0.25, -0.2) is 0 Å². The average Bonchev–Trinajstić information content (AvgIpc) is 2.18. The predicted octanol–water partition coefficient (Wildman–Crippen LogP) is 3.19. The Morgan fingerprint density at radius 3 is 2.59 bits per heavy atom. The van der Waals surface area contributed by atoms with E-state index >= 15 is 0 Å². The standard InChI is InChI=1S/C11H12F3N3/c1-5-6(2)17-10-4-8(15)7(11(12,13)14)3-9(10)16-5/h3-4,6,17H,15H2,1-2H3. The van der Waals surface area contributed by atoms with Crippen LogP contribution in [0.15, 0.2) is 17.1 Å². The van der Waals surface area contributed by atoms with Crippen LogP contribution in [0.5, 0.6) is 0 Å². The lowest BCUT2D eigenvalue weighted by Gasteiger charge is -2.23. The quantitative estimate of drug-likeness (QED) is 0.687. The highest BCUT2D eigenvalue weighted by Crippen LogP contribution is 2.41. The zero-order valence-electron chi connectivity index (χ0n) is 9.39. The van der Waals surface area contributed by atoms with Crippen molar-refractivity contribution in [3.8, 4) is 0 Å². The van der Waals surface area contributed by atoms with Gasteiger partial charge in [-0.05, 0) is 26.0 Å². The van der Waals surface area contributed by atoms with Crippen molar-refractivity contribution >= 4 is 22.8 Å². The van der Waals surface area contributed by atoms with Crippen LogP contribution >= 0.6 is 0 Å². The van der Waals surface area contributed by atoms with Gasteiger partial charge in [0.15, 0.2) is 0 Å². The molecule has 0 bridgehead atoms. The molecule has 6 heteroatoms. The summed E-state index contributed by atoms with van der Waals surface area (Å²) >= 11 is 0. The van der Waals surface area contributed by atoms with Gasteiger partial charge < -0.3 is 11.1 Å². The van der Waals surface area contributed by atoms with Crippen molar-refractivity contribution in [1.82, 2.24) is 0 Å². The number of nitrogens with zero attached hydrogens (tertiary/aromatic N) is 1. The van der Waals surface area contributed by atoms with E-state index in [4.69, 9.17) is 5.73 Å². The molecule has 0 spiro atoms. The van der Waals surface area contributed by atoms with E-state index < -0.39 is 11.7 Å². The van der Waals surface area contributed by atoms with E-state index in [0.29, 0.717) is 5.69 Å². The molecule has 1 aromatic rings. The van der Waals surface area contributed by atoms with Gasteiger partial charge >= 0.3 is 6.18 Å². The number of alkyl halides is 3. The Bertz CT molecular complexity index is 491. The zero-order chi connectivity index (χ0) is 12.8. The first-order chi connectivity index (χ1) is 7.79. The van der Waals surface area contributed by atoms with Crippen LogP contribution in [-0.2, 0) is 6.18 Å². The molecule has 1 aliphatic heterocycles. The van der Waals surface area contributed by atoms with Crippen LogP contribution in [0.4, 0.5) is 30.2 Å². The summed E-state index contributed by atoms with van der Waals surface area (Å²) in [5, 5.41) is 3.05. The minimum Gasteiger partial charge on any atom is -0.398 e. The highest BCUT2D eigenvalue weighted by molar-refractivity contribution is 5.96. The van der Waals surface area contributed by atoms with Gasteiger partial charge in [-0.3, -0.25) is 4.99 Å². The minimum atomic E-state index is -4.45. The molecule has 1 aliphatic rings. The van der Waals surface area contributed by atoms with Crippen LogP contribution in [-0.4, -0.2) is 11.8 Å². The van der Waals surface area contributed by atoms with Gasteiger partial charge in [0.1, 0.15) is 0 Å². The van der Waals surface area contributed by atoms with Crippen LogP contribution < -0.4 is 11.1 Å². The Balaban J connectivity index is 2.57. The Kier molecular flexibility index (Phi) is 2.52. The third-order valence-corrected chi connectivity index (χ3v) is 2.77. The van der Waals surface area contributed by atoms with Crippen LogP contribution in [0.25, 0.3) is 0 Å². The molecule has 0 aromatic heterocycles. The van der Waals surface area contributed by atoms with E-state index in [1.54, 1.807) is 6.92 Å². The molecular weight excluding hydrogens is 231 g/mol. The number of rotatable bonds is 0. The summed E-state index contributed by atoms with van der Waals surface area (Å²) in [7, 11) is 0.